The Morgan fingerprint density at radius 3 is 2.24 bits per heavy atom. The molecule has 1 unspecified atom stereocenters. The largest absolute Gasteiger partial charge is 0.472 e. The Labute approximate surface area is 229 Å². The second-order valence-electron chi connectivity index (χ2n) is 12.0. The molecule has 0 bridgehead atoms. The molecule has 38 heavy (non-hydrogen) atoms. The fraction of sp³-hybridized carbons (Fsp3) is 0.926. The SMILES string of the molecule is CC(C)CCC(=O)N1C[C@H](C)C[C@H]1COP(=O)(O)O[C@@H]1C[C@@H](COC(C)C)N(C(=O)CCCNC(C)C)C1. The molecular weight excluding hydrogens is 509 g/mol. The lowest BCUT2D eigenvalue weighted by atomic mass is 10.1. The van der Waals surface area contributed by atoms with Crippen LogP contribution in [0, 0.1) is 11.8 Å². The number of ether oxygens (including phenoxy) is 1. The predicted molar refractivity (Wildman–Crippen MR) is 148 cm³/mol. The molecule has 2 aliphatic heterocycles. The summed E-state index contributed by atoms with van der Waals surface area (Å²) in [5.41, 5.74) is 0. The van der Waals surface area contributed by atoms with Crippen molar-refractivity contribution in [2.24, 2.45) is 11.8 Å². The summed E-state index contributed by atoms with van der Waals surface area (Å²) >= 11 is 0. The lowest BCUT2D eigenvalue weighted by molar-refractivity contribution is -0.134. The molecule has 222 valence electrons. The monoisotopic (exact) mass is 561 g/mol. The first-order valence-corrected chi connectivity index (χ1v) is 15.9. The highest BCUT2D eigenvalue weighted by Gasteiger charge is 2.41. The van der Waals surface area contributed by atoms with Gasteiger partial charge < -0.3 is 24.7 Å². The van der Waals surface area contributed by atoms with Gasteiger partial charge in [0.2, 0.25) is 11.8 Å². The Hall–Kier alpha value is -1.03. The number of hydrogen-bond acceptors (Lipinski definition) is 7. The smallest absolute Gasteiger partial charge is 0.377 e. The van der Waals surface area contributed by atoms with E-state index in [0.29, 0.717) is 56.7 Å². The van der Waals surface area contributed by atoms with Crippen LogP contribution in [0.15, 0.2) is 0 Å². The van der Waals surface area contributed by atoms with Crippen molar-refractivity contribution in [3.8, 4) is 0 Å². The second-order valence-corrected chi connectivity index (χ2v) is 13.4. The molecule has 0 aliphatic carbocycles. The first kappa shape index (κ1) is 33.2. The van der Waals surface area contributed by atoms with Crippen LogP contribution in [0.1, 0.15) is 87.0 Å². The number of rotatable bonds is 16. The molecule has 2 saturated heterocycles. The second kappa shape index (κ2) is 15.7. The third-order valence-corrected chi connectivity index (χ3v) is 8.07. The third-order valence-electron chi connectivity index (χ3n) is 7.03. The number of carbonyl (C=O) groups is 2. The van der Waals surface area contributed by atoms with Crippen LogP contribution in [0.25, 0.3) is 0 Å². The maximum atomic E-state index is 13.0. The summed E-state index contributed by atoms with van der Waals surface area (Å²) in [6.07, 6.45) is 2.88. The van der Waals surface area contributed by atoms with Crippen molar-refractivity contribution < 1.29 is 32.8 Å². The Morgan fingerprint density at radius 1 is 0.974 bits per heavy atom. The van der Waals surface area contributed by atoms with Crippen molar-refractivity contribution in [3.63, 3.8) is 0 Å². The number of phosphoric ester groups is 1. The van der Waals surface area contributed by atoms with Gasteiger partial charge in [-0.15, -0.1) is 0 Å². The van der Waals surface area contributed by atoms with Crippen molar-refractivity contribution in [1.82, 2.24) is 15.1 Å². The Balaban J connectivity index is 1.93. The molecule has 2 N–H and O–H groups in total. The van der Waals surface area contributed by atoms with Crippen LogP contribution in [0.2, 0.25) is 0 Å². The van der Waals surface area contributed by atoms with E-state index in [2.05, 4.69) is 39.9 Å². The number of carbonyl (C=O) groups excluding carboxylic acids is 2. The number of hydrogen-bond donors (Lipinski definition) is 2. The van der Waals surface area contributed by atoms with Gasteiger partial charge in [-0.2, -0.15) is 0 Å². The fourth-order valence-electron chi connectivity index (χ4n) is 5.06. The normalized spacial score (nSPS) is 25.7. The minimum atomic E-state index is -4.39. The van der Waals surface area contributed by atoms with Gasteiger partial charge in [0, 0.05) is 32.0 Å². The fourth-order valence-corrected chi connectivity index (χ4v) is 6.01. The molecule has 11 heteroatoms. The zero-order chi connectivity index (χ0) is 28.5. The van der Waals surface area contributed by atoms with E-state index < -0.39 is 13.9 Å². The lowest BCUT2D eigenvalue weighted by Crippen LogP contribution is -2.39. The van der Waals surface area contributed by atoms with E-state index in [0.717, 1.165) is 19.4 Å². The topological polar surface area (TPSA) is 118 Å². The molecule has 0 aromatic rings. The maximum Gasteiger partial charge on any atom is 0.472 e. The van der Waals surface area contributed by atoms with E-state index in [4.69, 9.17) is 13.8 Å². The van der Waals surface area contributed by atoms with Crippen LogP contribution < -0.4 is 5.32 Å². The average molecular weight is 562 g/mol. The molecule has 2 fully saturated rings. The average Bonchev–Trinajstić information content (AvgIpc) is 3.39. The van der Waals surface area contributed by atoms with E-state index in [1.54, 1.807) is 9.80 Å². The van der Waals surface area contributed by atoms with Gasteiger partial charge in [0.25, 0.3) is 0 Å². The van der Waals surface area contributed by atoms with Crippen LogP contribution in [0.3, 0.4) is 0 Å². The Morgan fingerprint density at radius 2 is 1.61 bits per heavy atom. The van der Waals surface area contributed by atoms with Gasteiger partial charge in [-0.3, -0.25) is 18.6 Å². The molecular formula is C27H52N3O7P. The molecule has 2 aliphatic rings. The van der Waals surface area contributed by atoms with Crippen LogP contribution in [0.5, 0.6) is 0 Å². The molecule has 0 spiro atoms. The predicted octanol–water partition coefficient (Wildman–Crippen LogP) is 3.97. The van der Waals surface area contributed by atoms with E-state index >= 15 is 0 Å². The molecule has 0 aromatic heterocycles. The van der Waals surface area contributed by atoms with E-state index in [-0.39, 0.29) is 43.2 Å². The number of phosphoric acid groups is 1. The van der Waals surface area contributed by atoms with E-state index in [9.17, 15) is 19.0 Å². The highest BCUT2D eigenvalue weighted by atomic mass is 31.2. The Bertz CT molecular complexity index is 795. The summed E-state index contributed by atoms with van der Waals surface area (Å²) in [7, 11) is -4.39. The zero-order valence-corrected chi connectivity index (χ0v) is 25.5. The molecule has 0 saturated carbocycles. The Kier molecular flexibility index (Phi) is 13.7. The first-order chi connectivity index (χ1) is 17.8. The maximum absolute atomic E-state index is 13.0. The third kappa shape index (κ3) is 11.6. The minimum absolute atomic E-state index is 0.00874. The van der Waals surface area contributed by atoms with Gasteiger partial charge in [0.05, 0.1) is 37.5 Å². The summed E-state index contributed by atoms with van der Waals surface area (Å²) < 4.78 is 29.6. The molecule has 5 atom stereocenters. The molecule has 0 radical (unpaired) electrons. The summed E-state index contributed by atoms with van der Waals surface area (Å²) in [6.45, 7) is 16.1. The lowest BCUT2D eigenvalue weighted by Gasteiger charge is -2.26. The molecule has 2 amide bonds. The zero-order valence-electron chi connectivity index (χ0n) is 24.6. The summed E-state index contributed by atoms with van der Waals surface area (Å²) in [5, 5.41) is 3.31. The van der Waals surface area contributed by atoms with Gasteiger partial charge in [-0.1, -0.05) is 34.6 Å². The van der Waals surface area contributed by atoms with Gasteiger partial charge in [0.15, 0.2) is 0 Å². The van der Waals surface area contributed by atoms with Crippen molar-refractivity contribution in [1.29, 1.82) is 0 Å². The van der Waals surface area contributed by atoms with Crippen LogP contribution in [-0.4, -0.2) is 89.7 Å². The van der Waals surface area contributed by atoms with E-state index in [1.165, 1.54) is 0 Å². The van der Waals surface area contributed by atoms with Gasteiger partial charge in [0.1, 0.15) is 0 Å². The van der Waals surface area contributed by atoms with Crippen molar-refractivity contribution in [2.75, 3.05) is 32.8 Å². The number of nitrogens with one attached hydrogen (secondary N) is 1. The van der Waals surface area contributed by atoms with Crippen LogP contribution in [0.4, 0.5) is 0 Å². The summed E-state index contributed by atoms with van der Waals surface area (Å²) in [6, 6.07) is -0.113. The highest BCUT2D eigenvalue weighted by Crippen LogP contribution is 2.47. The van der Waals surface area contributed by atoms with Gasteiger partial charge in [-0.05, 0) is 57.9 Å². The molecule has 2 rings (SSSR count). The van der Waals surface area contributed by atoms with Crippen molar-refractivity contribution in [3.05, 3.63) is 0 Å². The number of amides is 2. The van der Waals surface area contributed by atoms with Crippen molar-refractivity contribution >= 4 is 19.6 Å². The highest BCUT2D eigenvalue weighted by molar-refractivity contribution is 7.47. The number of likely N-dealkylation sites (tertiary alicyclic amines) is 2. The van der Waals surface area contributed by atoms with Gasteiger partial charge in [-0.25, -0.2) is 4.57 Å². The quantitative estimate of drug-likeness (QED) is 0.215. The van der Waals surface area contributed by atoms with Crippen LogP contribution >= 0.6 is 7.82 Å². The standard InChI is InChI=1S/C27H52N3O7P/c1-19(2)10-11-27(32)29-15-22(7)13-23(29)18-36-38(33,34)37-25-14-24(17-35-21(5)6)30(16-25)26(31)9-8-12-28-20(3)4/h19-25,28H,8-18H2,1-7H3,(H,33,34)/t22-,23+,24+,25-/m1/s1. The minimum Gasteiger partial charge on any atom is -0.377 e. The summed E-state index contributed by atoms with van der Waals surface area (Å²) in [5.74, 6) is 0.789. The summed E-state index contributed by atoms with van der Waals surface area (Å²) in [4.78, 5) is 39.7. The molecule has 2 heterocycles. The van der Waals surface area contributed by atoms with Gasteiger partial charge >= 0.3 is 7.82 Å². The molecule has 10 nitrogen and oxygen atoms in total. The first-order valence-electron chi connectivity index (χ1n) is 14.4. The van der Waals surface area contributed by atoms with E-state index in [1.807, 2.05) is 13.8 Å². The number of nitrogens with zero attached hydrogens (tertiary/aromatic N) is 2. The van der Waals surface area contributed by atoms with Crippen LogP contribution in [-0.2, 0) is 27.9 Å². The van der Waals surface area contributed by atoms with Crippen molar-refractivity contribution in [2.45, 2.75) is 117 Å². The molecule has 0 aromatic carbocycles.